The highest BCUT2D eigenvalue weighted by Crippen LogP contribution is 2.35. The third-order valence-electron chi connectivity index (χ3n) is 3.78. The summed E-state index contributed by atoms with van der Waals surface area (Å²) in [6.45, 7) is -2.86. The lowest BCUT2D eigenvalue weighted by molar-refractivity contribution is -0.0518. The zero-order valence-electron chi connectivity index (χ0n) is 10.9. The molecule has 4 heteroatoms. The number of halogens is 2. The molecule has 1 saturated carbocycles. The second-order valence-electron chi connectivity index (χ2n) is 5.17. The molecular weight excluding hydrogens is 250 g/mol. The van der Waals surface area contributed by atoms with E-state index in [2.05, 4.69) is 4.74 Å². The molecule has 0 bridgehead atoms. The standard InChI is InChI=1S/C15H20F2O2/c16-15(17)19-14-9-5-4-8-12(14)13(18)10-11-6-2-1-3-7-11/h4-5,8-9,11,13,15,18H,1-3,6-7,10H2. The van der Waals surface area contributed by atoms with E-state index < -0.39 is 12.7 Å². The highest BCUT2D eigenvalue weighted by atomic mass is 19.3. The molecule has 106 valence electrons. The van der Waals surface area contributed by atoms with Crippen molar-refractivity contribution in [1.82, 2.24) is 0 Å². The van der Waals surface area contributed by atoms with Crippen molar-refractivity contribution in [3.8, 4) is 5.75 Å². The van der Waals surface area contributed by atoms with Crippen LogP contribution in [0.1, 0.15) is 50.2 Å². The topological polar surface area (TPSA) is 29.5 Å². The van der Waals surface area contributed by atoms with E-state index in [0.29, 0.717) is 17.9 Å². The fourth-order valence-corrected chi connectivity index (χ4v) is 2.82. The van der Waals surface area contributed by atoms with Gasteiger partial charge < -0.3 is 9.84 Å². The fraction of sp³-hybridized carbons (Fsp3) is 0.600. The first kappa shape index (κ1) is 14.3. The summed E-state index contributed by atoms with van der Waals surface area (Å²) in [5.41, 5.74) is 0.466. The van der Waals surface area contributed by atoms with E-state index in [0.717, 1.165) is 12.8 Å². The van der Waals surface area contributed by atoms with Gasteiger partial charge >= 0.3 is 6.61 Å². The molecule has 19 heavy (non-hydrogen) atoms. The Morgan fingerprint density at radius 3 is 2.53 bits per heavy atom. The Kier molecular flexibility index (Phi) is 5.14. The normalized spacial score (nSPS) is 18.5. The molecule has 0 spiro atoms. The molecule has 1 aliphatic rings. The monoisotopic (exact) mass is 270 g/mol. The second-order valence-corrected chi connectivity index (χ2v) is 5.17. The molecule has 0 saturated heterocycles. The first-order valence-corrected chi connectivity index (χ1v) is 6.88. The van der Waals surface area contributed by atoms with Crippen molar-refractivity contribution in [1.29, 1.82) is 0 Å². The number of para-hydroxylation sites is 1. The van der Waals surface area contributed by atoms with Crippen molar-refractivity contribution in [3.05, 3.63) is 29.8 Å². The molecule has 0 aliphatic heterocycles. The third-order valence-corrected chi connectivity index (χ3v) is 3.78. The zero-order valence-corrected chi connectivity index (χ0v) is 10.9. The predicted molar refractivity (Wildman–Crippen MR) is 69.2 cm³/mol. The highest BCUT2D eigenvalue weighted by Gasteiger charge is 2.21. The van der Waals surface area contributed by atoms with E-state index in [1.165, 1.54) is 25.3 Å². The number of aliphatic hydroxyl groups excluding tert-OH is 1. The number of ether oxygens (including phenoxy) is 1. The number of rotatable bonds is 5. The van der Waals surface area contributed by atoms with E-state index in [9.17, 15) is 13.9 Å². The molecule has 0 amide bonds. The molecule has 0 radical (unpaired) electrons. The zero-order chi connectivity index (χ0) is 13.7. The minimum absolute atomic E-state index is 0.0841. The van der Waals surface area contributed by atoms with E-state index in [1.807, 2.05) is 0 Å². The van der Waals surface area contributed by atoms with Crippen LogP contribution in [-0.2, 0) is 0 Å². The minimum Gasteiger partial charge on any atom is -0.434 e. The van der Waals surface area contributed by atoms with Crippen molar-refractivity contribution in [3.63, 3.8) is 0 Å². The molecule has 1 unspecified atom stereocenters. The summed E-state index contributed by atoms with van der Waals surface area (Å²) in [6, 6.07) is 6.50. The SMILES string of the molecule is OC(CC1CCCCC1)c1ccccc1OC(F)F. The van der Waals surface area contributed by atoms with Crippen molar-refractivity contribution in [2.75, 3.05) is 0 Å². The van der Waals surface area contributed by atoms with Crippen molar-refractivity contribution >= 4 is 0 Å². The molecule has 1 fully saturated rings. The van der Waals surface area contributed by atoms with Gasteiger partial charge in [-0.1, -0.05) is 50.3 Å². The average Bonchev–Trinajstić information content (AvgIpc) is 2.39. The Hall–Kier alpha value is -1.16. The molecule has 1 aliphatic carbocycles. The van der Waals surface area contributed by atoms with E-state index in [-0.39, 0.29) is 5.75 Å². The Morgan fingerprint density at radius 1 is 1.16 bits per heavy atom. The molecule has 2 rings (SSSR count). The van der Waals surface area contributed by atoms with Gasteiger partial charge in [-0.3, -0.25) is 0 Å². The van der Waals surface area contributed by atoms with Crippen LogP contribution in [0.4, 0.5) is 8.78 Å². The van der Waals surface area contributed by atoms with E-state index in [1.54, 1.807) is 18.2 Å². The van der Waals surface area contributed by atoms with Gasteiger partial charge in [0.15, 0.2) is 0 Å². The lowest BCUT2D eigenvalue weighted by Crippen LogP contribution is -2.13. The van der Waals surface area contributed by atoms with Crippen molar-refractivity contribution in [2.45, 2.75) is 51.2 Å². The number of benzene rings is 1. The number of hydrogen-bond acceptors (Lipinski definition) is 2. The number of aliphatic hydroxyl groups is 1. The maximum absolute atomic E-state index is 12.3. The summed E-state index contributed by atoms with van der Waals surface area (Å²) >= 11 is 0. The van der Waals surface area contributed by atoms with Crippen LogP contribution in [0.3, 0.4) is 0 Å². The van der Waals surface area contributed by atoms with Gasteiger partial charge in [-0.05, 0) is 18.4 Å². The third kappa shape index (κ3) is 4.16. The van der Waals surface area contributed by atoms with Crippen molar-refractivity contribution in [2.24, 2.45) is 5.92 Å². The second kappa shape index (κ2) is 6.85. The maximum atomic E-state index is 12.3. The average molecular weight is 270 g/mol. The van der Waals surface area contributed by atoms with Crippen LogP contribution < -0.4 is 4.74 Å². The van der Waals surface area contributed by atoms with Crippen LogP contribution >= 0.6 is 0 Å². The van der Waals surface area contributed by atoms with Gasteiger partial charge in [-0.15, -0.1) is 0 Å². The summed E-state index contributed by atoms with van der Waals surface area (Å²) in [6.07, 6.45) is 5.81. The van der Waals surface area contributed by atoms with Gasteiger partial charge in [0.25, 0.3) is 0 Å². The van der Waals surface area contributed by atoms with Gasteiger partial charge in [0.05, 0.1) is 6.10 Å². The van der Waals surface area contributed by atoms with Crippen molar-refractivity contribution < 1.29 is 18.6 Å². The molecule has 1 aromatic carbocycles. The van der Waals surface area contributed by atoms with E-state index in [4.69, 9.17) is 0 Å². The Bertz CT molecular complexity index is 389. The van der Waals surface area contributed by atoms with Crippen LogP contribution in [-0.4, -0.2) is 11.7 Å². The molecular formula is C15H20F2O2. The van der Waals surface area contributed by atoms with Crippen LogP contribution in [0, 0.1) is 5.92 Å². The van der Waals surface area contributed by atoms with E-state index >= 15 is 0 Å². The Labute approximate surface area is 112 Å². The van der Waals surface area contributed by atoms with Crippen LogP contribution in [0.5, 0.6) is 5.75 Å². The van der Waals surface area contributed by atoms with Crippen LogP contribution in [0.2, 0.25) is 0 Å². The van der Waals surface area contributed by atoms with Gasteiger partial charge in [-0.25, -0.2) is 0 Å². The number of alkyl halides is 2. The summed E-state index contributed by atoms with van der Waals surface area (Å²) in [7, 11) is 0. The molecule has 1 N–H and O–H groups in total. The lowest BCUT2D eigenvalue weighted by atomic mass is 9.84. The molecule has 1 aromatic rings. The fourth-order valence-electron chi connectivity index (χ4n) is 2.82. The number of hydrogen-bond donors (Lipinski definition) is 1. The molecule has 0 heterocycles. The van der Waals surface area contributed by atoms with Gasteiger partial charge in [-0.2, -0.15) is 8.78 Å². The first-order chi connectivity index (χ1) is 9.16. The quantitative estimate of drug-likeness (QED) is 0.864. The molecule has 2 nitrogen and oxygen atoms in total. The summed E-state index contributed by atoms with van der Waals surface area (Å²) in [5.74, 6) is 0.573. The maximum Gasteiger partial charge on any atom is 0.387 e. The summed E-state index contributed by atoms with van der Waals surface area (Å²) in [4.78, 5) is 0. The Morgan fingerprint density at radius 2 is 1.84 bits per heavy atom. The lowest BCUT2D eigenvalue weighted by Gasteiger charge is -2.25. The predicted octanol–water partition coefficient (Wildman–Crippen LogP) is 4.29. The summed E-state index contributed by atoms with van der Waals surface area (Å²) in [5, 5.41) is 10.2. The van der Waals surface area contributed by atoms with Gasteiger partial charge in [0.1, 0.15) is 5.75 Å². The van der Waals surface area contributed by atoms with Crippen LogP contribution in [0.15, 0.2) is 24.3 Å². The Balaban J connectivity index is 2.02. The van der Waals surface area contributed by atoms with Crippen LogP contribution in [0.25, 0.3) is 0 Å². The summed E-state index contributed by atoms with van der Waals surface area (Å²) < 4.78 is 29.1. The minimum atomic E-state index is -2.86. The highest BCUT2D eigenvalue weighted by molar-refractivity contribution is 5.35. The van der Waals surface area contributed by atoms with Gasteiger partial charge in [0, 0.05) is 5.56 Å². The first-order valence-electron chi connectivity index (χ1n) is 6.88. The molecule has 0 aromatic heterocycles. The largest absolute Gasteiger partial charge is 0.434 e. The smallest absolute Gasteiger partial charge is 0.387 e. The van der Waals surface area contributed by atoms with Gasteiger partial charge in [0.2, 0.25) is 0 Å². The molecule has 1 atom stereocenters.